The standard InChI is InChI=1S/C16H21Cl2N5O4S/c1-13(22-12-9-19-16(22)23(24)25)28(26,27)20(2)14-3-5-15(6-4-14)21(10-7-17)11-8-18/h3-6,9,12-13H,7-8,10-11H2,1-2H3. The molecular formula is C16H21Cl2N5O4S. The molecule has 12 heteroatoms. The number of benzene rings is 1. The quantitative estimate of drug-likeness (QED) is 0.313. The second kappa shape index (κ2) is 9.44. The first kappa shape index (κ1) is 22.3. The predicted octanol–water partition coefficient (Wildman–Crippen LogP) is 3.06. The molecule has 0 amide bonds. The normalized spacial score (nSPS) is 12.6. The van der Waals surface area contributed by atoms with Gasteiger partial charge in [-0.3, -0.25) is 4.31 Å². The fourth-order valence-corrected chi connectivity index (χ4v) is 4.43. The summed E-state index contributed by atoms with van der Waals surface area (Å²) in [6, 6.07) is 6.89. The van der Waals surface area contributed by atoms with Crippen molar-refractivity contribution in [1.29, 1.82) is 0 Å². The molecule has 0 bridgehead atoms. The number of aromatic nitrogens is 2. The van der Waals surface area contributed by atoms with Gasteiger partial charge in [-0.1, -0.05) is 4.98 Å². The lowest BCUT2D eigenvalue weighted by Crippen LogP contribution is -2.33. The van der Waals surface area contributed by atoms with E-state index in [9.17, 15) is 18.5 Å². The minimum absolute atomic E-state index is 0.426. The maximum atomic E-state index is 12.9. The van der Waals surface area contributed by atoms with Crippen LogP contribution in [0.2, 0.25) is 0 Å². The van der Waals surface area contributed by atoms with Crippen molar-refractivity contribution in [2.24, 2.45) is 0 Å². The lowest BCUT2D eigenvalue weighted by atomic mass is 10.2. The summed E-state index contributed by atoms with van der Waals surface area (Å²) in [4.78, 5) is 15.9. The Hall–Kier alpha value is -2.04. The van der Waals surface area contributed by atoms with Crippen LogP contribution in [0.3, 0.4) is 0 Å². The zero-order chi connectivity index (χ0) is 20.9. The van der Waals surface area contributed by atoms with Gasteiger partial charge in [0.25, 0.3) is 10.0 Å². The van der Waals surface area contributed by atoms with E-state index in [1.54, 1.807) is 24.3 Å². The number of halogens is 2. The van der Waals surface area contributed by atoms with Gasteiger partial charge in [-0.15, -0.1) is 23.2 Å². The van der Waals surface area contributed by atoms with Crippen LogP contribution in [-0.2, 0) is 10.0 Å². The first-order valence-electron chi connectivity index (χ1n) is 8.36. The minimum atomic E-state index is -3.93. The highest BCUT2D eigenvalue weighted by Crippen LogP contribution is 2.28. The highest BCUT2D eigenvalue weighted by atomic mass is 35.5. The summed E-state index contributed by atoms with van der Waals surface area (Å²) in [5.74, 6) is 0.347. The van der Waals surface area contributed by atoms with E-state index < -0.39 is 26.3 Å². The maximum absolute atomic E-state index is 12.9. The van der Waals surface area contributed by atoms with Gasteiger partial charge in [-0.05, 0) is 36.1 Å². The Bertz CT molecular complexity index is 898. The molecule has 9 nitrogen and oxygen atoms in total. The Kier molecular flexibility index (Phi) is 7.50. The molecule has 1 atom stereocenters. The third kappa shape index (κ3) is 4.68. The summed E-state index contributed by atoms with van der Waals surface area (Å²) in [5, 5.41) is 9.85. The van der Waals surface area contributed by atoms with Crippen LogP contribution in [0.5, 0.6) is 0 Å². The molecule has 0 radical (unpaired) electrons. The van der Waals surface area contributed by atoms with Crippen molar-refractivity contribution in [3.8, 4) is 0 Å². The van der Waals surface area contributed by atoms with E-state index >= 15 is 0 Å². The summed E-state index contributed by atoms with van der Waals surface area (Å²) < 4.78 is 28.0. The smallest absolute Gasteiger partial charge is 0.390 e. The molecule has 1 unspecified atom stereocenters. The average molecular weight is 450 g/mol. The predicted molar refractivity (Wildman–Crippen MR) is 111 cm³/mol. The number of rotatable bonds is 10. The average Bonchev–Trinajstić information content (AvgIpc) is 3.16. The van der Waals surface area contributed by atoms with Crippen molar-refractivity contribution < 1.29 is 13.3 Å². The molecule has 0 aliphatic carbocycles. The van der Waals surface area contributed by atoms with Crippen LogP contribution in [0.25, 0.3) is 0 Å². The van der Waals surface area contributed by atoms with Crippen molar-refractivity contribution in [3.05, 3.63) is 46.8 Å². The highest BCUT2D eigenvalue weighted by molar-refractivity contribution is 7.92. The summed E-state index contributed by atoms with van der Waals surface area (Å²) in [7, 11) is -2.53. The molecule has 1 aromatic heterocycles. The Morgan fingerprint density at radius 1 is 1.18 bits per heavy atom. The molecule has 154 valence electrons. The molecule has 0 fully saturated rings. The minimum Gasteiger partial charge on any atom is -0.390 e. The maximum Gasteiger partial charge on any atom is 0.435 e. The van der Waals surface area contributed by atoms with Gasteiger partial charge in [0.1, 0.15) is 12.4 Å². The molecule has 0 aliphatic rings. The zero-order valence-corrected chi connectivity index (χ0v) is 17.7. The van der Waals surface area contributed by atoms with Crippen LogP contribution >= 0.6 is 23.2 Å². The van der Waals surface area contributed by atoms with Gasteiger partial charge in [-0.25, -0.2) is 13.0 Å². The number of anilines is 2. The van der Waals surface area contributed by atoms with Crippen molar-refractivity contribution in [3.63, 3.8) is 0 Å². The molecule has 0 aliphatic heterocycles. The molecule has 0 saturated heterocycles. The van der Waals surface area contributed by atoms with E-state index in [-0.39, 0.29) is 0 Å². The molecule has 2 aromatic rings. The van der Waals surface area contributed by atoms with Crippen LogP contribution in [0.15, 0.2) is 36.7 Å². The number of hydrogen-bond donors (Lipinski definition) is 0. The summed E-state index contributed by atoms with van der Waals surface area (Å²) >= 11 is 11.6. The molecule has 0 N–H and O–H groups in total. The fourth-order valence-electron chi connectivity index (χ4n) is 2.70. The second-order valence-corrected chi connectivity index (χ2v) is 8.90. The van der Waals surface area contributed by atoms with E-state index in [0.717, 1.165) is 14.6 Å². The SMILES string of the molecule is CC(n1ccnc1[N+](=O)[O-])S(=O)(=O)N(C)c1ccc(N(CCCl)CCCl)cc1. The first-order valence-corrected chi connectivity index (χ1v) is 10.9. The number of imidazole rings is 1. The zero-order valence-electron chi connectivity index (χ0n) is 15.4. The Balaban J connectivity index is 2.27. The van der Waals surface area contributed by atoms with Gasteiger partial charge in [0.05, 0.1) is 5.69 Å². The van der Waals surface area contributed by atoms with Gasteiger partial charge in [0.2, 0.25) is 0 Å². The Labute approximate surface area is 173 Å². The van der Waals surface area contributed by atoms with E-state index in [2.05, 4.69) is 4.98 Å². The van der Waals surface area contributed by atoms with Gasteiger partial charge in [-0.2, -0.15) is 0 Å². The summed E-state index contributed by atoms with van der Waals surface area (Å²) in [6.07, 6.45) is 2.47. The number of nitro groups is 1. The molecule has 1 aromatic carbocycles. The molecule has 28 heavy (non-hydrogen) atoms. The van der Waals surface area contributed by atoms with Crippen LogP contribution in [-0.4, -0.2) is 54.8 Å². The molecule has 0 saturated carbocycles. The number of sulfonamides is 1. The molecule has 1 heterocycles. The fraction of sp³-hybridized carbons (Fsp3) is 0.438. The molecule has 0 spiro atoms. The summed E-state index contributed by atoms with van der Waals surface area (Å²) in [5.41, 5.74) is 1.30. The number of alkyl halides is 2. The van der Waals surface area contributed by atoms with Crippen molar-refractivity contribution in [2.75, 3.05) is 41.1 Å². The Morgan fingerprint density at radius 3 is 2.21 bits per heavy atom. The van der Waals surface area contributed by atoms with E-state index in [0.29, 0.717) is 30.5 Å². The third-order valence-electron chi connectivity index (χ3n) is 4.30. The lowest BCUT2D eigenvalue weighted by Gasteiger charge is -2.25. The lowest BCUT2D eigenvalue weighted by molar-refractivity contribution is -0.396. The van der Waals surface area contributed by atoms with Crippen LogP contribution in [0.4, 0.5) is 17.3 Å². The third-order valence-corrected chi connectivity index (χ3v) is 6.70. The van der Waals surface area contributed by atoms with Crippen LogP contribution < -0.4 is 9.21 Å². The number of nitrogens with zero attached hydrogens (tertiary/aromatic N) is 5. The van der Waals surface area contributed by atoms with E-state index in [1.165, 1.54) is 26.4 Å². The van der Waals surface area contributed by atoms with Crippen molar-refractivity contribution in [2.45, 2.75) is 12.3 Å². The molecular weight excluding hydrogens is 429 g/mol. The van der Waals surface area contributed by atoms with Gasteiger partial charge in [0, 0.05) is 37.6 Å². The molecule has 2 rings (SSSR count). The largest absolute Gasteiger partial charge is 0.435 e. The highest BCUT2D eigenvalue weighted by Gasteiger charge is 2.33. The van der Waals surface area contributed by atoms with Crippen molar-refractivity contribution in [1.82, 2.24) is 9.55 Å². The van der Waals surface area contributed by atoms with Gasteiger partial charge in [0.15, 0.2) is 5.37 Å². The van der Waals surface area contributed by atoms with Crippen LogP contribution in [0, 0.1) is 10.1 Å². The monoisotopic (exact) mass is 449 g/mol. The van der Waals surface area contributed by atoms with E-state index in [4.69, 9.17) is 23.2 Å². The Morgan fingerprint density at radius 2 is 1.71 bits per heavy atom. The first-order chi connectivity index (χ1) is 13.2. The number of hydrogen-bond acceptors (Lipinski definition) is 6. The topological polar surface area (TPSA) is 102 Å². The second-order valence-electron chi connectivity index (χ2n) is 5.88. The van der Waals surface area contributed by atoms with Crippen LogP contribution in [0.1, 0.15) is 12.3 Å². The summed E-state index contributed by atoms with van der Waals surface area (Å²) in [6.45, 7) is 2.60. The van der Waals surface area contributed by atoms with Gasteiger partial charge >= 0.3 is 5.95 Å². The van der Waals surface area contributed by atoms with E-state index in [1.807, 2.05) is 4.90 Å². The van der Waals surface area contributed by atoms with Gasteiger partial charge < -0.3 is 15.0 Å². The van der Waals surface area contributed by atoms with Crippen molar-refractivity contribution >= 4 is 50.5 Å².